The van der Waals surface area contributed by atoms with Crippen LogP contribution in [0.5, 0.6) is 0 Å². The molecule has 138 valence electrons. The van der Waals surface area contributed by atoms with Gasteiger partial charge in [-0.2, -0.15) is 0 Å². The largest absolute Gasteiger partial charge is 0.398 e. The average Bonchev–Trinajstić information content (AvgIpc) is 2.62. The summed E-state index contributed by atoms with van der Waals surface area (Å²) in [5, 5.41) is 2.81. The van der Waals surface area contributed by atoms with Crippen molar-refractivity contribution < 1.29 is 9.59 Å². The Labute approximate surface area is 160 Å². The molecule has 0 radical (unpaired) electrons. The summed E-state index contributed by atoms with van der Waals surface area (Å²) in [4.78, 5) is 26.8. The standard InChI is InChI=1S/C20H23N3O2.ClH/c1-14-6-4-5-13-23(14)20(25)15-9-11-16(12-10-15)22-19(24)17-7-2-3-8-18(17)21;/h2-3,7-12,14H,4-6,13,21H2,1H3,(H,22,24);1H. The quantitative estimate of drug-likeness (QED) is 0.799. The zero-order valence-electron chi connectivity index (χ0n) is 14.8. The van der Waals surface area contributed by atoms with E-state index >= 15 is 0 Å². The summed E-state index contributed by atoms with van der Waals surface area (Å²) >= 11 is 0. The number of likely N-dealkylation sites (tertiary alicyclic amines) is 1. The lowest BCUT2D eigenvalue weighted by Crippen LogP contribution is -2.42. The van der Waals surface area contributed by atoms with Gasteiger partial charge in [0.25, 0.3) is 11.8 Å². The maximum Gasteiger partial charge on any atom is 0.257 e. The molecule has 1 heterocycles. The van der Waals surface area contributed by atoms with E-state index in [9.17, 15) is 9.59 Å². The summed E-state index contributed by atoms with van der Waals surface area (Å²) in [5.74, 6) is -0.209. The normalized spacial score (nSPS) is 16.5. The van der Waals surface area contributed by atoms with Gasteiger partial charge in [-0.25, -0.2) is 0 Å². The van der Waals surface area contributed by atoms with Gasteiger partial charge >= 0.3 is 0 Å². The van der Waals surface area contributed by atoms with Crippen LogP contribution in [0.1, 0.15) is 46.9 Å². The van der Waals surface area contributed by atoms with Crippen molar-refractivity contribution in [2.24, 2.45) is 0 Å². The number of nitrogens with zero attached hydrogens (tertiary/aromatic N) is 1. The lowest BCUT2D eigenvalue weighted by atomic mass is 10.0. The molecule has 2 amide bonds. The minimum Gasteiger partial charge on any atom is -0.398 e. The van der Waals surface area contributed by atoms with Crippen molar-refractivity contribution in [1.29, 1.82) is 0 Å². The summed E-state index contributed by atoms with van der Waals surface area (Å²) in [6, 6.07) is 14.2. The first-order chi connectivity index (χ1) is 12.1. The van der Waals surface area contributed by atoms with Crippen molar-refractivity contribution in [1.82, 2.24) is 4.90 Å². The van der Waals surface area contributed by atoms with Gasteiger partial charge < -0.3 is 16.0 Å². The maximum atomic E-state index is 12.6. The minimum atomic E-state index is -0.262. The number of piperidine rings is 1. The highest BCUT2D eigenvalue weighted by Gasteiger charge is 2.24. The lowest BCUT2D eigenvalue weighted by Gasteiger charge is -2.33. The van der Waals surface area contributed by atoms with Crippen LogP contribution in [0.2, 0.25) is 0 Å². The Balaban J connectivity index is 0.00000243. The summed E-state index contributed by atoms with van der Waals surface area (Å²) in [7, 11) is 0. The van der Waals surface area contributed by atoms with Crippen LogP contribution in [0.4, 0.5) is 11.4 Å². The Morgan fingerprint density at radius 3 is 2.42 bits per heavy atom. The first-order valence-electron chi connectivity index (χ1n) is 8.63. The van der Waals surface area contributed by atoms with Crippen molar-refractivity contribution in [3.8, 4) is 0 Å². The predicted octanol–water partition coefficient (Wildman–Crippen LogP) is 3.96. The van der Waals surface area contributed by atoms with Crippen molar-refractivity contribution in [2.45, 2.75) is 32.2 Å². The molecule has 0 aromatic heterocycles. The molecule has 1 fully saturated rings. The molecule has 6 heteroatoms. The van der Waals surface area contributed by atoms with E-state index in [-0.39, 0.29) is 30.3 Å². The first-order valence-corrected chi connectivity index (χ1v) is 8.63. The molecule has 1 saturated heterocycles. The number of amides is 2. The third kappa shape index (κ3) is 4.35. The molecule has 1 unspecified atom stereocenters. The van der Waals surface area contributed by atoms with Gasteiger partial charge in [0.05, 0.1) is 5.56 Å². The number of hydrogen-bond donors (Lipinski definition) is 2. The third-order valence-corrected chi connectivity index (χ3v) is 4.66. The second-order valence-electron chi connectivity index (χ2n) is 6.46. The molecule has 0 saturated carbocycles. The number of nitrogen functional groups attached to an aromatic ring is 1. The fraction of sp³-hybridized carbons (Fsp3) is 0.300. The molecule has 5 nitrogen and oxygen atoms in total. The van der Waals surface area contributed by atoms with Crippen LogP contribution in [0.3, 0.4) is 0 Å². The molecule has 2 aromatic carbocycles. The fourth-order valence-electron chi connectivity index (χ4n) is 3.16. The Hall–Kier alpha value is -2.53. The van der Waals surface area contributed by atoms with Crippen LogP contribution >= 0.6 is 12.4 Å². The molecular weight excluding hydrogens is 350 g/mol. The number of halogens is 1. The van der Waals surface area contributed by atoms with Gasteiger partial charge in [0, 0.05) is 29.5 Å². The highest BCUT2D eigenvalue weighted by atomic mass is 35.5. The molecule has 26 heavy (non-hydrogen) atoms. The predicted molar refractivity (Wildman–Crippen MR) is 107 cm³/mol. The molecule has 1 aliphatic rings. The molecule has 3 rings (SSSR count). The number of nitrogens with two attached hydrogens (primary N) is 1. The highest BCUT2D eigenvalue weighted by molar-refractivity contribution is 6.07. The number of carbonyl (C=O) groups is 2. The van der Waals surface area contributed by atoms with E-state index in [0.29, 0.717) is 22.5 Å². The van der Waals surface area contributed by atoms with E-state index in [1.54, 1.807) is 48.5 Å². The Bertz CT molecular complexity index is 777. The van der Waals surface area contributed by atoms with Gasteiger partial charge in [-0.05, 0) is 62.6 Å². The number of rotatable bonds is 3. The summed E-state index contributed by atoms with van der Waals surface area (Å²) < 4.78 is 0. The van der Waals surface area contributed by atoms with Gasteiger partial charge in [0.1, 0.15) is 0 Å². The molecule has 1 atom stereocenters. The van der Waals surface area contributed by atoms with Crippen molar-refractivity contribution in [3.63, 3.8) is 0 Å². The van der Waals surface area contributed by atoms with Gasteiger partial charge in [-0.15, -0.1) is 12.4 Å². The zero-order chi connectivity index (χ0) is 17.8. The first kappa shape index (κ1) is 19.8. The lowest BCUT2D eigenvalue weighted by molar-refractivity contribution is 0.0635. The van der Waals surface area contributed by atoms with E-state index in [4.69, 9.17) is 5.73 Å². The van der Waals surface area contributed by atoms with Crippen LogP contribution in [-0.2, 0) is 0 Å². The Morgan fingerprint density at radius 1 is 1.08 bits per heavy atom. The summed E-state index contributed by atoms with van der Waals surface area (Å²) in [5.41, 5.74) is 7.97. The van der Waals surface area contributed by atoms with Crippen molar-refractivity contribution >= 4 is 35.6 Å². The highest BCUT2D eigenvalue weighted by Crippen LogP contribution is 2.20. The van der Waals surface area contributed by atoms with Gasteiger partial charge in [-0.1, -0.05) is 12.1 Å². The maximum absolute atomic E-state index is 12.6. The minimum absolute atomic E-state index is 0. The van der Waals surface area contributed by atoms with Crippen LogP contribution in [0, 0.1) is 0 Å². The van der Waals surface area contributed by atoms with Gasteiger partial charge in [-0.3, -0.25) is 9.59 Å². The van der Waals surface area contributed by atoms with E-state index in [1.165, 1.54) is 6.42 Å². The molecule has 3 N–H and O–H groups in total. The second kappa shape index (κ2) is 8.72. The van der Waals surface area contributed by atoms with E-state index < -0.39 is 0 Å². The number of nitrogens with one attached hydrogen (secondary N) is 1. The molecule has 2 aromatic rings. The monoisotopic (exact) mass is 373 g/mol. The number of carbonyl (C=O) groups excluding carboxylic acids is 2. The Morgan fingerprint density at radius 2 is 1.77 bits per heavy atom. The number of para-hydroxylation sites is 1. The molecule has 0 aliphatic carbocycles. The topological polar surface area (TPSA) is 75.4 Å². The summed E-state index contributed by atoms with van der Waals surface area (Å²) in [6.45, 7) is 2.90. The summed E-state index contributed by atoms with van der Waals surface area (Å²) in [6.07, 6.45) is 3.29. The average molecular weight is 374 g/mol. The van der Waals surface area contributed by atoms with Crippen LogP contribution in [0.15, 0.2) is 48.5 Å². The number of anilines is 2. The number of benzene rings is 2. The van der Waals surface area contributed by atoms with Crippen molar-refractivity contribution in [3.05, 3.63) is 59.7 Å². The van der Waals surface area contributed by atoms with E-state index in [0.717, 1.165) is 19.4 Å². The fourth-order valence-corrected chi connectivity index (χ4v) is 3.16. The zero-order valence-corrected chi connectivity index (χ0v) is 15.6. The molecule has 0 bridgehead atoms. The molecular formula is C20H24ClN3O2. The second-order valence-corrected chi connectivity index (χ2v) is 6.46. The van der Waals surface area contributed by atoms with Crippen LogP contribution in [0.25, 0.3) is 0 Å². The molecule has 1 aliphatic heterocycles. The van der Waals surface area contributed by atoms with Crippen LogP contribution < -0.4 is 11.1 Å². The SMILES string of the molecule is CC1CCCCN1C(=O)c1ccc(NC(=O)c2ccccc2N)cc1.Cl. The van der Waals surface area contributed by atoms with E-state index in [1.807, 2.05) is 4.90 Å². The Kier molecular flexibility index (Phi) is 6.64. The van der Waals surface area contributed by atoms with E-state index in [2.05, 4.69) is 12.2 Å². The van der Waals surface area contributed by atoms with Crippen LogP contribution in [-0.4, -0.2) is 29.3 Å². The smallest absolute Gasteiger partial charge is 0.257 e. The van der Waals surface area contributed by atoms with Crippen molar-refractivity contribution in [2.75, 3.05) is 17.6 Å². The van der Waals surface area contributed by atoms with Gasteiger partial charge in [0.2, 0.25) is 0 Å². The third-order valence-electron chi connectivity index (χ3n) is 4.66. The number of hydrogen-bond acceptors (Lipinski definition) is 3. The van der Waals surface area contributed by atoms with Gasteiger partial charge in [0.15, 0.2) is 0 Å². The molecule has 0 spiro atoms.